The summed E-state index contributed by atoms with van der Waals surface area (Å²) in [5.74, 6) is -0.0859. The molecule has 3 rings (SSSR count). The van der Waals surface area contributed by atoms with Gasteiger partial charge in [-0.1, -0.05) is 44.9 Å². The van der Waals surface area contributed by atoms with Gasteiger partial charge in [-0.15, -0.1) is 0 Å². The summed E-state index contributed by atoms with van der Waals surface area (Å²) in [6, 6.07) is 8.43. The second kappa shape index (κ2) is 9.92. The van der Waals surface area contributed by atoms with E-state index < -0.39 is 16.0 Å². The molecule has 1 saturated carbocycles. The van der Waals surface area contributed by atoms with Crippen LogP contribution in [0, 0.1) is 17.8 Å². The Kier molecular flexibility index (Phi) is 7.52. The lowest BCUT2D eigenvalue weighted by atomic mass is 9.78. The minimum atomic E-state index is -3.55. The molecule has 0 radical (unpaired) electrons. The molecule has 2 aliphatic rings. The molecule has 0 aromatic heterocycles. The van der Waals surface area contributed by atoms with Crippen LogP contribution < -0.4 is 5.32 Å². The summed E-state index contributed by atoms with van der Waals surface area (Å²) in [6.07, 6.45) is 4.02. The molecule has 0 unspecified atom stereocenters. The van der Waals surface area contributed by atoms with Gasteiger partial charge in [0.2, 0.25) is 10.0 Å². The van der Waals surface area contributed by atoms with Crippen LogP contribution in [0.15, 0.2) is 35.2 Å². The summed E-state index contributed by atoms with van der Waals surface area (Å²) in [5, 5.41) is 3.00. The summed E-state index contributed by atoms with van der Waals surface area (Å²) in [5.41, 5.74) is 0. The van der Waals surface area contributed by atoms with Crippen molar-refractivity contribution in [1.82, 2.24) is 9.62 Å². The first-order valence-electron chi connectivity index (χ1n) is 10.8. The van der Waals surface area contributed by atoms with E-state index >= 15 is 0 Å². The summed E-state index contributed by atoms with van der Waals surface area (Å²) in [4.78, 5) is 24.8. The molecular weight excluding hydrogens is 404 g/mol. The lowest BCUT2D eigenvalue weighted by molar-refractivity contribution is -0.154. The predicted octanol–water partition coefficient (Wildman–Crippen LogP) is 2.57. The molecule has 1 amide bonds. The monoisotopic (exact) mass is 436 g/mol. The molecule has 1 aliphatic carbocycles. The Hall–Kier alpha value is -1.93. The molecule has 0 bridgehead atoms. The topological polar surface area (TPSA) is 92.8 Å². The molecule has 1 aromatic rings. The lowest BCUT2D eigenvalue weighted by Crippen LogP contribution is -2.45. The molecule has 30 heavy (non-hydrogen) atoms. The first-order valence-corrected chi connectivity index (χ1v) is 12.2. The normalized spacial score (nSPS) is 26.1. The average molecular weight is 437 g/mol. The Balaban J connectivity index is 1.44. The fraction of sp³-hybridized carbons (Fsp3) is 0.636. The van der Waals surface area contributed by atoms with Gasteiger partial charge in [0.1, 0.15) is 0 Å². The largest absolute Gasteiger partial charge is 0.455 e. The number of amides is 1. The fourth-order valence-electron chi connectivity index (χ4n) is 4.36. The quantitative estimate of drug-likeness (QED) is 0.692. The van der Waals surface area contributed by atoms with E-state index in [2.05, 4.69) is 19.2 Å². The zero-order chi connectivity index (χ0) is 21.7. The van der Waals surface area contributed by atoms with Gasteiger partial charge < -0.3 is 10.1 Å². The highest BCUT2D eigenvalue weighted by Gasteiger charge is 2.33. The molecule has 1 aromatic carbocycles. The number of nitrogens with one attached hydrogen (secondary N) is 1. The molecule has 166 valence electrons. The summed E-state index contributed by atoms with van der Waals surface area (Å²) < 4.78 is 32.0. The van der Waals surface area contributed by atoms with Crippen LogP contribution in [0.4, 0.5) is 0 Å². The van der Waals surface area contributed by atoms with Gasteiger partial charge in [-0.05, 0) is 43.2 Å². The molecule has 8 heteroatoms. The summed E-state index contributed by atoms with van der Waals surface area (Å²) in [7, 11) is -3.55. The lowest BCUT2D eigenvalue weighted by Gasteiger charge is -2.34. The van der Waals surface area contributed by atoms with Crippen molar-refractivity contribution in [2.45, 2.75) is 56.9 Å². The van der Waals surface area contributed by atoms with E-state index in [4.69, 9.17) is 4.74 Å². The van der Waals surface area contributed by atoms with Crippen LogP contribution in [-0.4, -0.2) is 50.3 Å². The third-order valence-electron chi connectivity index (χ3n) is 6.57. The standard InChI is InChI=1S/C22H32N2O5S/c1-16-7-6-10-20(17(16)2)23-21(25)15-29-22(26)18-11-13-24(14-12-18)30(27,28)19-8-4-3-5-9-19/h3-5,8-9,16-18,20H,6-7,10-15H2,1-2H3,(H,23,25)/t16-,17+,20+/m1/s1. The van der Waals surface area contributed by atoms with E-state index in [9.17, 15) is 18.0 Å². The van der Waals surface area contributed by atoms with E-state index in [0.717, 1.165) is 12.8 Å². The van der Waals surface area contributed by atoms with E-state index in [0.29, 0.717) is 24.7 Å². The van der Waals surface area contributed by atoms with Gasteiger partial charge in [-0.25, -0.2) is 8.42 Å². The predicted molar refractivity (Wildman–Crippen MR) is 113 cm³/mol. The third kappa shape index (κ3) is 5.40. The molecule has 1 saturated heterocycles. The SMILES string of the molecule is C[C@H]1[C@H](C)CCC[C@@H]1NC(=O)COC(=O)C1CCN(S(=O)(=O)c2ccccc2)CC1. The van der Waals surface area contributed by atoms with Crippen molar-refractivity contribution in [3.8, 4) is 0 Å². The van der Waals surface area contributed by atoms with Crippen LogP contribution in [0.3, 0.4) is 0 Å². The Morgan fingerprint density at radius 3 is 2.40 bits per heavy atom. The number of nitrogens with zero attached hydrogens (tertiary/aromatic N) is 1. The van der Waals surface area contributed by atoms with E-state index in [1.807, 2.05) is 0 Å². The second-order valence-electron chi connectivity index (χ2n) is 8.54. The fourth-order valence-corrected chi connectivity index (χ4v) is 5.85. The number of carbonyl (C=O) groups is 2. The van der Waals surface area contributed by atoms with Gasteiger partial charge in [0.15, 0.2) is 6.61 Å². The Bertz CT molecular complexity index is 834. The molecule has 7 nitrogen and oxygen atoms in total. The minimum Gasteiger partial charge on any atom is -0.455 e. The molecule has 1 aliphatic heterocycles. The van der Waals surface area contributed by atoms with Crippen molar-refractivity contribution in [3.63, 3.8) is 0 Å². The number of carbonyl (C=O) groups excluding carboxylic acids is 2. The minimum absolute atomic E-state index is 0.131. The van der Waals surface area contributed by atoms with Gasteiger partial charge in [0, 0.05) is 19.1 Å². The zero-order valence-corrected chi connectivity index (χ0v) is 18.6. The van der Waals surface area contributed by atoms with Crippen molar-refractivity contribution in [3.05, 3.63) is 30.3 Å². The van der Waals surface area contributed by atoms with E-state index in [1.165, 1.54) is 10.7 Å². The van der Waals surface area contributed by atoms with Crippen LogP contribution in [-0.2, 0) is 24.3 Å². The van der Waals surface area contributed by atoms with Crippen LogP contribution in [0.25, 0.3) is 0 Å². The highest BCUT2D eigenvalue weighted by atomic mass is 32.2. The molecule has 0 spiro atoms. The van der Waals surface area contributed by atoms with Crippen molar-refractivity contribution in [2.75, 3.05) is 19.7 Å². The zero-order valence-electron chi connectivity index (χ0n) is 17.7. The Morgan fingerprint density at radius 1 is 1.07 bits per heavy atom. The van der Waals surface area contributed by atoms with Crippen LogP contribution >= 0.6 is 0 Å². The maximum absolute atomic E-state index is 12.7. The Morgan fingerprint density at radius 2 is 1.73 bits per heavy atom. The number of rotatable bonds is 6. The Labute approximate surface area is 179 Å². The van der Waals surface area contributed by atoms with Crippen LogP contribution in [0.5, 0.6) is 0 Å². The molecule has 1 heterocycles. The number of hydrogen-bond donors (Lipinski definition) is 1. The van der Waals surface area contributed by atoms with Crippen molar-refractivity contribution in [1.29, 1.82) is 0 Å². The number of hydrogen-bond acceptors (Lipinski definition) is 5. The summed E-state index contributed by atoms with van der Waals surface area (Å²) in [6.45, 7) is 4.60. The third-order valence-corrected chi connectivity index (χ3v) is 8.48. The van der Waals surface area contributed by atoms with Gasteiger partial charge in [-0.2, -0.15) is 4.31 Å². The van der Waals surface area contributed by atoms with Gasteiger partial charge in [0.25, 0.3) is 5.91 Å². The molecule has 2 fully saturated rings. The smallest absolute Gasteiger partial charge is 0.309 e. The number of benzene rings is 1. The van der Waals surface area contributed by atoms with Gasteiger partial charge in [-0.3, -0.25) is 9.59 Å². The van der Waals surface area contributed by atoms with Crippen molar-refractivity contribution < 1.29 is 22.7 Å². The average Bonchev–Trinajstić information content (AvgIpc) is 2.76. The first kappa shape index (κ1) is 22.7. The van der Waals surface area contributed by atoms with Crippen LogP contribution in [0.2, 0.25) is 0 Å². The highest BCUT2D eigenvalue weighted by molar-refractivity contribution is 7.89. The summed E-state index contributed by atoms with van der Waals surface area (Å²) >= 11 is 0. The number of esters is 1. The van der Waals surface area contributed by atoms with Crippen LogP contribution in [0.1, 0.15) is 46.0 Å². The number of piperidine rings is 1. The van der Waals surface area contributed by atoms with E-state index in [1.54, 1.807) is 30.3 Å². The van der Waals surface area contributed by atoms with E-state index in [-0.39, 0.29) is 42.5 Å². The second-order valence-corrected chi connectivity index (χ2v) is 10.5. The molecule has 3 atom stereocenters. The molecular formula is C22H32N2O5S. The number of ether oxygens (including phenoxy) is 1. The van der Waals surface area contributed by atoms with Gasteiger partial charge >= 0.3 is 5.97 Å². The highest BCUT2D eigenvalue weighted by Crippen LogP contribution is 2.29. The van der Waals surface area contributed by atoms with Crippen molar-refractivity contribution in [2.24, 2.45) is 17.8 Å². The maximum atomic E-state index is 12.7. The maximum Gasteiger partial charge on any atom is 0.309 e. The van der Waals surface area contributed by atoms with Crippen molar-refractivity contribution >= 4 is 21.9 Å². The molecule has 1 N–H and O–H groups in total. The first-order chi connectivity index (χ1) is 14.3. The number of sulfonamides is 1. The van der Waals surface area contributed by atoms with Gasteiger partial charge in [0.05, 0.1) is 10.8 Å².